The number of halogens is 2. The van der Waals surface area contributed by atoms with Gasteiger partial charge in [-0.25, -0.2) is 4.98 Å². The standard InChI is InChI=1S/C14H12Cl2N2O/c1-9-3-2-4-13(18-9)14(19)17-8-10-5-6-11(15)7-12(10)16/h2-7H,8H2,1H3,(H,17,19). The fourth-order valence-corrected chi connectivity index (χ4v) is 2.08. The lowest BCUT2D eigenvalue weighted by atomic mass is 10.2. The maximum atomic E-state index is 11.9. The van der Waals surface area contributed by atoms with Crippen LogP contribution < -0.4 is 5.32 Å². The number of benzene rings is 1. The predicted octanol–water partition coefficient (Wildman–Crippen LogP) is 3.63. The Morgan fingerprint density at radius 2 is 2.05 bits per heavy atom. The number of hydrogen-bond donors (Lipinski definition) is 1. The molecule has 1 amide bonds. The first-order valence-electron chi connectivity index (χ1n) is 5.72. The van der Waals surface area contributed by atoms with E-state index in [2.05, 4.69) is 10.3 Å². The highest BCUT2D eigenvalue weighted by Gasteiger charge is 2.08. The van der Waals surface area contributed by atoms with E-state index in [1.54, 1.807) is 30.3 Å². The zero-order valence-electron chi connectivity index (χ0n) is 10.3. The van der Waals surface area contributed by atoms with Crippen LogP contribution in [-0.2, 0) is 6.54 Å². The van der Waals surface area contributed by atoms with Crippen LogP contribution in [0.25, 0.3) is 0 Å². The molecule has 5 heteroatoms. The average Bonchev–Trinajstić information content (AvgIpc) is 2.37. The van der Waals surface area contributed by atoms with Crippen molar-refractivity contribution in [3.05, 3.63) is 63.4 Å². The molecule has 2 rings (SSSR count). The lowest BCUT2D eigenvalue weighted by Gasteiger charge is -2.07. The van der Waals surface area contributed by atoms with Crippen molar-refractivity contribution in [1.82, 2.24) is 10.3 Å². The number of rotatable bonds is 3. The first-order chi connectivity index (χ1) is 9.06. The van der Waals surface area contributed by atoms with Crippen molar-refractivity contribution in [3.63, 3.8) is 0 Å². The number of carbonyl (C=O) groups excluding carboxylic acids is 1. The Kier molecular flexibility index (Phi) is 4.40. The van der Waals surface area contributed by atoms with Crippen molar-refractivity contribution < 1.29 is 4.79 Å². The van der Waals surface area contributed by atoms with Crippen molar-refractivity contribution in [2.45, 2.75) is 13.5 Å². The first kappa shape index (κ1) is 13.8. The maximum absolute atomic E-state index is 11.9. The number of carbonyl (C=O) groups is 1. The van der Waals surface area contributed by atoms with Gasteiger partial charge in [0, 0.05) is 22.3 Å². The number of aromatic nitrogens is 1. The Balaban J connectivity index is 2.04. The SMILES string of the molecule is Cc1cccc(C(=O)NCc2ccc(Cl)cc2Cl)n1. The summed E-state index contributed by atoms with van der Waals surface area (Å²) in [5, 5.41) is 3.88. The second-order valence-electron chi connectivity index (χ2n) is 4.08. The fourth-order valence-electron chi connectivity index (χ4n) is 1.60. The minimum absolute atomic E-state index is 0.227. The van der Waals surface area contributed by atoms with Gasteiger partial charge in [0.2, 0.25) is 0 Å². The molecule has 0 aliphatic rings. The molecule has 0 saturated heterocycles. The van der Waals surface area contributed by atoms with Gasteiger partial charge in [-0.1, -0.05) is 35.3 Å². The Labute approximate surface area is 121 Å². The van der Waals surface area contributed by atoms with E-state index >= 15 is 0 Å². The van der Waals surface area contributed by atoms with Crippen molar-refractivity contribution in [1.29, 1.82) is 0 Å². The summed E-state index contributed by atoms with van der Waals surface area (Å²) in [6.45, 7) is 2.18. The summed E-state index contributed by atoms with van der Waals surface area (Å²) in [6, 6.07) is 10.5. The highest BCUT2D eigenvalue weighted by molar-refractivity contribution is 6.35. The third kappa shape index (κ3) is 3.69. The number of nitrogens with one attached hydrogen (secondary N) is 1. The van der Waals surface area contributed by atoms with Crippen molar-refractivity contribution in [2.75, 3.05) is 0 Å². The molecule has 0 aliphatic carbocycles. The first-order valence-corrected chi connectivity index (χ1v) is 6.47. The van der Waals surface area contributed by atoms with Gasteiger partial charge in [0.1, 0.15) is 5.69 Å². The van der Waals surface area contributed by atoms with Crippen molar-refractivity contribution >= 4 is 29.1 Å². The third-order valence-corrected chi connectivity index (χ3v) is 3.16. The normalized spacial score (nSPS) is 10.3. The molecule has 1 aromatic heterocycles. The molecular weight excluding hydrogens is 283 g/mol. The van der Waals surface area contributed by atoms with E-state index in [0.717, 1.165) is 11.3 Å². The molecule has 0 fully saturated rings. The topological polar surface area (TPSA) is 42.0 Å². The molecule has 0 unspecified atom stereocenters. The third-order valence-electron chi connectivity index (χ3n) is 2.58. The summed E-state index contributed by atoms with van der Waals surface area (Å²) in [7, 11) is 0. The van der Waals surface area contributed by atoms with Crippen LogP contribution in [0.4, 0.5) is 0 Å². The number of pyridine rings is 1. The zero-order valence-corrected chi connectivity index (χ0v) is 11.8. The van der Waals surface area contributed by atoms with Crippen LogP contribution in [0, 0.1) is 6.92 Å². The number of amides is 1. The molecular formula is C14H12Cl2N2O. The largest absolute Gasteiger partial charge is 0.347 e. The molecule has 0 aliphatic heterocycles. The smallest absolute Gasteiger partial charge is 0.270 e. The fraction of sp³-hybridized carbons (Fsp3) is 0.143. The molecule has 2 aromatic rings. The van der Waals surface area contributed by atoms with Crippen LogP contribution >= 0.6 is 23.2 Å². The zero-order chi connectivity index (χ0) is 13.8. The number of aryl methyl sites for hydroxylation is 1. The van der Waals surface area contributed by atoms with E-state index in [1.807, 2.05) is 13.0 Å². The lowest BCUT2D eigenvalue weighted by molar-refractivity contribution is 0.0946. The summed E-state index contributed by atoms with van der Waals surface area (Å²) < 4.78 is 0. The molecule has 0 saturated carbocycles. The van der Waals surface area contributed by atoms with Gasteiger partial charge in [0.05, 0.1) is 0 Å². The molecule has 98 valence electrons. The second kappa shape index (κ2) is 6.04. The molecule has 0 radical (unpaired) electrons. The van der Waals surface area contributed by atoms with Crippen molar-refractivity contribution in [3.8, 4) is 0 Å². The molecule has 3 nitrogen and oxygen atoms in total. The summed E-state index contributed by atoms with van der Waals surface area (Å²) in [5.74, 6) is -0.227. The Bertz CT molecular complexity index is 614. The van der Waals surface area contributed by atoms with E-state index < -0.39 is 0 Å². The van der Waals surface area contributed by atoms with Crippen LogP contribution in [0.1, 0.15) is 21.7 Å². The molecule has 0 spiro atoms. The molecule has 0 atom stereocenters. The lowest BCUT2D eigenvalue weighted by Crippen LogP contribution is -2.24. The monoisotopic (exact) mass is 294 g/mol. The summed E-state index contributed by atoms with van der Waals surface area (Å²) >= 11 is 11.8. The van der Waals surface area contributed by atoms with E-state index in [-0.39, 0.29) is 5.91 Å². The van der Waals surface area contributed by atoms with Crippen LogP contribution in [0.5, 0.6) is 0 Å². The van der Waals surface area contributed by atoms with Crippen LogP contribution in [0.15, 0.2) is 36.4 Å². The molecule has 1 heterocycles. The van der Waals surface area contributed by atoms with Crippen LogP contribution in [0.2, 0.25) is 10.0 Å². The molecule has 19 heavy (non-hydrogen) atoms. The summed E-state index contributed by atoms with van der Waals surface area (Å²) in [6.07, 6.45) is 0. The van der Waals surface area contributed by atoms with Crippen LogP contribution in [-0.4, -0.2) is 10.9 Å². The van der Waals surface area contributed by atoms with Gasteiger partial charge < -0.3 is 5.32 Å². The van der Waals surface area contributed by atoms with E-state index in [1.165, 1.54) is 0 Å². The van der Waals surface area contributed by atoms with Crippen molar-refractivity contribution in [2.24, 2.45) is 0 Å². The van der Waals surface area contributed by atoms with Gasteiger partial charge in [-0.15, -0.1) is 0 Å². The quantitative estimate of drug-likeness (QED) is 0.939. The van der Waals surface area contributed by atoms with Gasteiger partial charge in [-0.2, -0.15) is 0 Å². The second-order valence-corrected chi connectivity index (χ2v) is 4.93. The minimum Gasteiger partial charge on any atom is -0.347 e. The van der Waals surface area contributed by atoms with Gasteiger partial charge in [-0.3, -0.25) is 4.79 Å². The Hall–Kier alpha value is -1.58. The van der Waals surface area contributed by atoms with E-state index in [4.69, 9.17) is 23.2 Å². The minimum atomic E-state index is -0.227. The van der Waals surface area contributed by atoms with E-state index in [0.29, 0.717) is 22.3 Å². The number of hydrogen-bond acceptors (Lipinski definition) is 2. The summed E-state index contributed by atoms with van der Waals surface area (Å²) in [5.41, 5.74) is 2.01. The molecule has 0 bridgehead atoms. The number of nitrogens with zero attached hydrogens (tertiary/aromatic N) is 1. The van der Waals surface area contributed by atoms with Crippen LogP contribution in [0.3, 0.4) is 0 Å². The van der Waals surface area contributed by atoms with Gasteiger partial charge in [0.15, 0.2) is 0 Å². The van der Waals surface area contributed by atoms with E-state index in [9.17, 15) is 4.79 Å². The van der Waals surface area contributed by atoms with Gasteiger partial charge in [-0.05, 0) is 36.8 Å². The maximum Gasteiger partial charge on any atom is 0.270 e. The molecule has 1 aromatic carbocycles. The van der Waals surface area contributed by atoms with Gasteiger partial charge in [0.25, 0.3) is 5.91 Å². The summed E-state index contributed by atoms with van der Waals surface area (Å²) in [4.78, 5) is 16.1. The Morgan fingerprint density at radius 3 is 2.74 bits per heavy atom. The predicted molar refractivity (Wildman–Crippen MR) is 76.6 cm³/mol. The highest BCUT2D eigenvalue weighted by Crippen LogP contribution is 2.20. The van der Waals surface area contributed by atoms with Gasteiger partial charge >= 0.3 is 0 Å². The molecule has 1 N–H and O–H groups in total. The Morgan fingerprint density at radius 1 is 1.26 bits per heavy atom. The highest BCUT2D eigenvalue weighted by atomic mass is 35.5. The average molecular weight is 295 g/mol.